The van der Waals surface area contributed by atoms with Crippen molar-refractivity contribution >= 4 is 34.4 Å². The van der Waals surface area contributed by atoms with E-state index in [1.807, 2.05) is 12.1 Å². The van der Waals surface area contributed by atoms with Crippen molar-refractivity contribution in [2.45, 2.75) is 32.3 Å². The summed E-state index contributed by atoms with van der Waals surface area (Å²) in [6.07, 6.45) is 2.58. The van der Waals surface area contributed by atoms with Gasteiger partial charge in [0, 0.05) is 42.7 Å². The number of amides is 1. The molecule has 33 heavy (non-hydrogen) atoms. The highest BCUT2D eigenvalue weighted by Gasteiger charge is 2.29. The lowest BCUT2D eigenvalue weighted by atomic mass is 9.94. The van der Waals surface area contributed by atoms with Crippen LogP contribution in [0.2, 0.25) is 5.02 Å². The summed E-state index contributed by atoms with van der Waals surface area (Å²) in [6, 6.07) is 11.4. The minimum atomic E-state index is -0.844. The Labute approximate surface area is 195 Å². The smallest absolute Gasteiger partial charge is 0.303 e. The molecule has 6 nitrogen and oxygen atoms in total. The number of carbonyl (C=O) groups excluding carboxylic acids is 1. The van der Waals surface area contributed by atoms with Crippen molar-refractivity contribution < 1.29 is 23.8 Å². The number of carboxylic acid groups (broad SMARTS) is 1. The lowest BCUT2D eigenvalue weighted by Gasteiger charge is -2.33. The molecule has 0 saturated carbocycles. The number of hydrogen-bond donors (Lipinski definition) is 1. The molecule has 0 spiro atoms. The van der Waals surface area contributed by atoms with Gasteiger partial charge in [0.15, 0.2) is 6.10 Å². The lowest BCUT2D eigenvalue weighted by molar-refractivity contribution is -0.143. The molecule has 172 valence electrons. The molecule has 1 fully saturated rings. The first kappa shape index (κ1) is 23.0. The zero-order chi connectivity index (χ0) is 23.5. The van der Waals surface area contributed by atoms with E-state index in [9.17, 15) is 14.0 Å². The van der Waals surface area contributed by atoms with E-state index in [-0.39, 0.29) is 18.2 Å². The molecule has 4 rings (SSSR count). The van der Waals surface area contributed by atoms with E-state index in [0.29, 0.717) is 34.9 Å². The van der Waals surface area contributed by atoms with Gasteiger partial charge in [-0.1, -0.05) is 11.6 Å². The highest BCUT2D eigenvalue weighted by atomic mass is 35.5. The van der Waals surface area contributed by atoms with Crippen molar-refractivity contribution in [1.29, 1.82) is 0 Å². The highest BCUT2D eigenvalue weighted by molar-refractivity contribution is 6.33. The number of aromatic nitrogens is 1. The SMILES string of the molecule is C[C@@H](Oc1ccc2c(-c3ccc(F)cc3Cl)ccnc2c1)C(=O)N1CCC[C@@H](CC(=O)O)C1. The van der Waals surface area contributed by atoms with Crippen molar-refractivity contribution in [2.24, 2.45) is 5.92 Å². The number of carbonyl (C=O) groups is 2. The van der Waals surface area contributed by atoms with Crippen LogP contribution in [0.15, 0.2) is 48.7 Å². The number of aliphatic carboxylic acids is 1. The Kier molecular flexibility index (Phi) is 6.79. The molecule has 0 unspecified atom stereocenters. The number of halogens is 2. The number of rotatable bonds is 6. The number of piperidine rings is 1. The summed E-state index contributed by atoms with van der Waals surface area (Å²) in [5.74, 6) is -0.945. The number of fused-ring (bicyclic) bond motifs is 1. The van der Waals surface area contributed by atoms with Crippen molar-refractivity contribution in [3.8, 4) is 16.9 Å². The van der Waals surface area contributed by atoms with Crippen LogP contribution >= 0.6 is 11.6 Å². The normalized spacial score (nSPS) is 17.1. The minimum Gasteiger partial charge on any atom is -0.481 e. The van der Waals surface area contributed by atoms with Crippen LogP contribution in [-0.2, 0) is 9.59 Å². The van der Waals surface area contributed by atoms with Gasteiger partial charge >= 0.3 is 5.97 Å². The number of hydrogen-bond acceptors (Lipinski definition) is 4. The Bertz CT molecular complexity index is 1200. The molecule has 8 heteroatoms. The third-order valence-corrected chi connectivity index (χ3v) is 6.20. The first-order valence-electron chi connectivity index (χ1n) is 10.8. The topological polar surface area (TPSA) is 79.7 Å². The molecule has 2 atom stereocenters. The Balaban J connectivity index is 1.51. The first-order valence-corrected chi connectivity index (χ1v) is 11.2. The van der Waals surface area contributed by atoms with E-state index in [0.717, 1.165) is 23.8 Å². The molecule has 1 N–H and O–H groups in total. The molecule has 2 aromatic carbocycles. The predicted molar refractivity (Wildman–Crippen MR) is 124 cm³/mol. The highest BCUT2D eigenvalue weighted by Crippen LogP contribution is 2.34. The standard InChI is InChI=1S/C25H24ClFN2O4/c1-15(25(32)29-10-2-3-16(14-29)11-24(30)31)33-18-5-7-21-19(8-9-28-23(21)13-18)20-6-4-17(27)12-22(20)26/h4-9,12-13,15-16H,2-3,10-11,14H2,1H3,(H,30,31)/t15-,16+/m1/s1. The fourth-order valence-electron chi connectivity index (χ4n) is 4.33. The molecule has 1 saturated heterocycles. The van der Waals surface area contributed by atoms with E-state index in [2.05, 4.69) is 4.98 Å². The van der Waals surface area contributed by atoms with Crippen LogP contribution in [0.3, 0.4) is 0 Å². The van der Waals surface area contributed by atoms with Gasteiger partial charge in [-0.3, -0.25) is 14.6 Å². The maximum atomic E-state index is 13.5. The van der Waals surface area contributed by atoms with E-state index in [1.165, 1.54) is 12.1 Å². The molecule has 1 aliphatic rings. The lowest BCUT2D eigenvalue weighted by Crippen LogP contribution is -2.46. The van der Waals surface area contributed by atoms with Crippen LogP contribution in [0.1, 0.15) is 26.2 Å². The van der Waals surface area contributed by atoms with Crippen molar-refractivity contribution in [2.75, 3.05) is 13.1 Å². The minimum absolute atomic E-state index is 0.0334. The molecule has 1 aromatic heterocycles. The third-order valence-electron chi connectivity index (χ3n) is 5.89. The zero-order valence-electron chi connectivity index (χ0n) is 18.1. The first-order chi connectivity index (χ1) is 15.8. The second-order valence-electron chi connectivity index (χ2n) is 8.31. The van der Waals surface area contributed by atoms with Gasteiger partial charge < -0.3 is 14.7 Å². The molecule has 0 bridgehead atoms. The second kappa shape index (κ2) is 9.75. The van der Waals surface area contributed by atoms with Gasteiger partial charge in [-0.25, -0.2) is 4.39 Å². The molecular formula is C25H24ClFN2O4. The fourth-order valence-corrected chi connectivity index (χ4v) is 4.60. The molecule has 3 aromatic rings. The molecule has 1 amide bonds. The Morgan fingerprint density at radius 3 is 2.82 bits per heavy atom. The van der Waals surface area contributed by atoms with Crippen molar-refractivity contribution in [1.82, 2.24) is 9.88 Å². The van der Waals surface area contributed by atoms with Crippen LogP contribution in [0.4, 0.5) is 4.39 Å². The van der Waals surface area contributed by atoms with Crippen LogP contribution in [-0.4, -0.2) is 46.1 Å². The van der Waals surface area contributed by atoms with Gasteiger partial charge in [0.2, 0.25) is 0 Å². The number of pyridine rings is 1. The largest absolute Gasteiger partial charge is 0.481 e. The quantitative estimate of drug-likeness (QED) is 0.537. The third kappa shape index (κ3) is 5.25. The molecule has 0 radical (unpaired) electrons. The van der Waals surface area contributed by atoms with Crippen molar-refractivity contribution in [3.05, 3.63) is 59.5 Å². The Morgan fingerprint density at radius 2 is 2.06 bits per heavy atom. The summed E-state index contributed by atoms with van der Waals surface area (Å²) in [6.45, 7) is 2.72. The number of benzene rings is 2. The predicted octanol–water partition coefficient (Wildman–Crippen LogP) is 5.17. The summed E-state index contributed by atoms with van der Waals surface area (Å²) in [7, 11) is 0. The van der Waals surface area contributed by atoms with Gasteiger partial charge in [0.05, 0.1) is 10.5 Å². The molecule has 2 heterocycles. The number of ether oxygens (including phenoxy) is 1. The number of carboxylic acids is 1. The van der Waals surface area contributed by atoms with Gasteiger partial charge in [0.25, 0.3) is 5.91 Å². The van der Waals surface area contributed by atoms with E-state index >= 15 is 0 Å². The van der Waals surface area contributed by atoms with Crippen LogP contribution in [0.25, 0.3) is 22.0 Å². The zero-order valence-corrected chi connectivity index (χ0v) is 18.9. The van der Waals surface area contributed by atoms with E-state index in [1.54, 1.807) is 36.2 Å². The number of likely N-dealkylation sites (tertiary alicyclic amines) is 1. The molecule has 1 aliphatic heterocycles. The number of nitrogens with zero attached hydrogens (tertiary/aromatic N) is 2. The Hall–Kier alpha value is -3.19. The average molecular weight is 471 g/mol. The van der Waals surface area contributed by atoms with Crippen LogP contribution < -0.4 is 4.74 Å². The van der Waals surface area contributed by atoms with Gasteiger partial charge in [-0.15, -0.1) is 0 Å². The van der Waals surface area contributed by atoms with E-state index < -0.39 is 17.9 Å². The van der Waals surface area contributed by atoms with Gasteiger partial charge in [-0.05, 0) is 67.6 Å². The molecule has 0 aliphatic carbocycles. The summed E-state index contributed by atoms with van der Waals surface area (Å²) in [5, 5.41) is 10.2. The van der Waals surface area contributed by atoms with Crippen LogP contribution in [0.5, 0.6) is 5.75 Å². The summed E-state index contributed by atoms with van der Waals surface area (Å²) in [5.41, 5.74) is 2.17. The maximum absolute atomic E-state index is 13.5. The van der Waals surface area contributed by atoms with Gasteiger partial charge in [-0.2, -0.15) is 0 Å². The fraction of sp³-hybridized carbons (Fsp3) is 0.320. The second-order valence-corrected chi connectivity index (χ2v) is 8.72. The maximum Gasteiger partial charge on any atom is 0.303 e. The summed E-state index contributed by atoms with van der Waals surface area (Å²) in [4.78, 5) is 30.0. The van der Waals surface area contributed by atoms with Crippen molar-refractivity contribution in [3.63, 3.8) is 0 Å². The van der Waals surface area contributed by atoms with E-state index in [4.69, 9.17) is 21.4 Å². The van der Waals surface area contributed by atoms with Gasteiger partial charge in [0.1, 0.15) is 11.6 Å². The average Bonchev–Trinajstić information content (AvgIpc) is 2.78. The molecular weight excluding hydrogens is 447 g/mol. The monoisotopic (exact) mass is 470 g/mol. The van der Waals surface area contributed by atoms with Crippen LogP contribution in [0, 0.1) is 11.7 Å². The Morgan fingerprint density at radius 1 is 1.24 bits per heavy atom. The summed E-state index contributed by atoms with van der Waals surface area (Å²) < 4.78 is 19.4. The summed E-state index contributed by atoms with van der Waals surface area (Å²) >= 11 is 6.25.